The Morgan fingerprint density at radius 3 is 2.21 bits per heavy atom. The van der Waals surface area contributed by atoms with Crippen LogP contribution in [0.3, 0.4) is 0 Å². The number of methoxy groups -OCH3 is 1. The molecule has 2 fully saturated rings. The van der Waals surface area contributed by atoms with Crippen molar-refractivity contribution in [2.75, 3.05) is 26.9 Å². The molecule has 0 aromatic carbocycles. The van der Waals surface area contributed by atoms with Crippen LogP contribution >= 0.6 is 0 Å². The van der Waals surface area contributed by atoms with Crippen molar-refractivity contribution in [1.29, 1.82) is 0 Å². The lowest BCUT2D eigenvalue weighted by Crippen LogP contribution is -2.45. The molecule has 4 nitrogen and oxygen atoms in total. The number of hydrogen-bond donors (Lipinski definition) is 1. The Balaban J connectivity index is 1.90. The Bertz CT molecular complexity index is 188. The fourth-order valence-corrected chi connectivity index (χ4v) is 2.29. The molecule has 0 unspecified atom stereocenters. The molecule has 0 bridgehead atoms. The minimum absolute atomic E-state index is 0.389. The van der Waals surface area contributed by atoms with Gasteiger partial charge in [-0.3, -0.25) is 0 Å². The van der Waals surface area contributed by atoms with Crippen LogP contribution in [-0.4, -0.2) is 43.4 Å². The summed E-state index contributed by atoms with van der Waals surface area (Å²) in [4.78, 5) is 0. The van der Waals surface area contributed by atoms with E-state index in [0.29, 0.717) is 32.7 Å². The van der Waals surface area contributed by atoms with E-state index in [2.05, 4.69) is 0 Å². The molecule has 14 heavy (non-hydrogen) atoms. The van der Waals surface area contributed by atoms with Crippen LogP contribution in [0, 0.1) is 0 Å². The zero-order chi connectivity index (χ0) is 10.1. The third kappa shape index (κ3) is 1.93. The van der Waals surface area contributed by atoms with Gasteiger partial charge < -0.3 is 19.3 Å². The summed E-state index contributed by atoms with van der Waals surface area (Å²) in [5.41, 5.74) is -0.671. The maximum absolute atomic E-state index is 10.1. The first-order chi connectivity index (χ1) is 6.68. The number of hydrogen-bond acceptors (Lipinski definition) is 4. The third-order valence-electron chi connectivity index (χ3n) is 3.17. The van der Waals surface area contributed by atoms with Crippen LogP contribution in [0.25, 0.3) is 0 Å². The molecule has 1 N–H and O–H groups in total. The summed E-state index contributed by atoms with van der Waals surface area (Å²) in [5, 5.41) is 10.1. The quantitative estimate of drug-likeness (QED) is 0.715. The Hall–Kier alpha value is -0.160. The molecular formula is C10H18O4. The van der Waals surface area contributed by atoms with Crippen LogP contribution in [0.15, 0.2) is 0 Å². The maximum atomic E-state index is 10.1. The van der Waals surface area contributed by atoms with E-state index in [0.717, 1.165) is 12.8 Å². The molecule has 1 aliphatic carbocycles. The lowest BCUT2D eigenvalue weighted by molar-refractivity contribution is -0.208. The van der Waals surface area contributed by atoms with Crippen LogP contribution < -0.4 is 0 Å². The first-order valence-electron chi connectivity index (χ1n) is 5.17. The van der Waals surface area contributed by atoms with Gasteiger partial charge in [0.2, 0.25) is 0 Å². The molecule has 1 saturated heterocycles. The highest BCUT2D eigenvalue weighted by atomic mass is 16.7. The Morgan fingerprint density at radius 2 is 1.71 bits per heavy atom. The van der Waals surface area contributed by atoms with Crippen molar-refractivity contribution in [2.24, 2.45) is 0 Å². The van der Waals surface area contributed by atoms with Crippen molar-refractivity contribution < 1.29 is 19.3 Å². The second-order valence-electron chi connectivity index (χ2n) is 4.26. The van der Waals surface area contributed by atoms with E-state index in [1.54, 1.807) is 7.11 Å². The molecule has 1 spiro atoms. The van der Waals surface area contributed by atoms with E-state index in [4.69, 9.17) is 14.2 Å². The van der Waals surface area contributed by atoms with Gasteiger partial charge in [-0.2, -0.15) is 0 Å². The molecule has 82 valence electrons. The van der Waals surface area contributed by atoms with Gasteiger partial charge in [-0.1, -0.05) is 0 Å². The van der Waals surface area contributed by atoms with Crippen molar-refractivity contribution >= 4 is 0 Å². The fraction of sp³-hybridized carbons (Fsp3) is 1.00. The topological polar surface area (TPSA) is 47.9 Å². The highest BCUT2D eigenvalue weighted by Crippen LogP contribution is 2.40. The number of aliphatic hydroxyl groups is 1. The van der Waals surface area contributed by atoms with Gasteiger partial charge in [-0.15, -0.1) is 0 Å². The minimum Gasteiger partial charge on any atom is -0.387 e. The molecule has 2 aliphatic rings. The Labute approximate surface area is 84.1 Å². The zero-order valence-electron chi connectivity index (χ0n) is 8.62. The monoisotopic (exact) mass is 202 g/mol. The largest absolute Gasteiger partial charge is 0.387 e. The van der Waals surface area contributed by atoms with E-state index in [9.17, 15) is 5.11 Å². The van der Waals surface area contributed by atoms with E-state index >= 15 is 0 Å². The summed E-state index contributed by atoms with van der Waals surface area (Å²) >= 11 is 0. The zero-order valence-corrected chi connectivity index (χ0v) is 8.62. The number of rotatable bonds is 2. The van der Waals surface area contributed by atoms with Crippen molar-refractivity contribution in [2.45, 2.75) is 37.1 Å². The van der Waals surface area contributed by atoms with Gasteiger partial charge in [-0.05, 0) is 12.8 Å². The number of ether oxygens (including phenoxy) is 3. The van der Waals surface area contributed by atoms with E-state index in [1.807, 2.05) is 0 Å². The molecule has 1 saturated carbocycles. The predicted octanol–water partition coefficient (Wildman–Crippen LogP) is 0.681. The predicted molar refractivity (Wildman–Crippen MR) is 49.9 cm³/mol. The molecule has 0 aromatic heterocycles. The second-order valence-corrected chi connectivity index (χ2v) is 4.26. The second kappa shape index (κ2) is 3.77. The third-order valence-corrected chi connectivity index (χ3v) is 3.17. The van der Waals surface area contributed by atoms with Gasteiger partial charge in [-0.25, -0.2) is 0 Å². The van der Waals surface area contributed by atoms with Crippen LogP contribution in [0.2, 0.25) is 0 Å². The molecule has 1 heterocycles. The van der Waals surface area contributed by atoms with Gasteiger partial charge in [0.1, 0.15) is 0 Å². The molecule has 0 radical (unpaired) electrons. The molecule has 1 aliphatic heterocycles. The SMILES string of the molecule is COCC1(O)CCC2(CC1)OCCO2. The summed E-state index contributed by atoms with van der Waals surface area (Å²) in [6.07, 6.45) is 2.93. The van der Waals surface area contributed by atoms with Gasteiger partial charge in [0.15, 0.2) is 5.79 Å². The summed E-state index contributed by atoms with van der Waals surface area (Å²) in [5.74, 6) is -0.389. The molecule has 4 heteroatoms. The lowest BCUT2D eigenvalue weighted by Gasteiger charge is -2.40. The molecular weight excluding hydrogens is 184 g/mol. The summed E-state index contributed by atoms with van der Waals surface area (Å²) in [6, 6.07) is 0. The molecule has 2 rings (SSSR count). The molecule has 0 aromatic rings. The Morgan fingerprint density at radius 1 is 1.14 bits per heavy atom. The highest BCUT2D eigenvalue weighted by molar-refractivity contribution is 4.91. The smallest absolute Gasteiger partial charge is 0.168 e. The van der Waals surface area contributed by atoms with E-state index in [1.165, 1.54) is 0 Å². The van der Waals surface area contributed by atoms with Gasteiger partial charge in [0.05, 0.1) is 25.4 Å². The summed E-state index contributed by atoms with van der Waals surface area (Å²) in [6.45, 7) is 1.77. The fourth-order valence-electron chi connectivity index (χ4n) is 2.29. The van der Waals surface area contributed by atoms with Crippen LogP contribution in [-0.2, 0) is 14.2 Å². The summed E-state index contributed by atoms with van der Waals surface area (Å²) < 4.78 is 16.2. The van der Waals surface area contributed by atoms with Crippen LogP contribution in [0.5, 0.6) is 0 Å². The van der Waals surface area contributed by atoms with E-state index in [-0.39, 0.29) is 5.79 Å². The van der Waals surface area contributed by atoms with Crippen LogP contribution in [0.1, 0.15) is 25.7 Å². The molecule has 0 atom stereocenters. The molecule has 0 amide bonds. The minimum atomic E-state index is -0.671. The normalized spacial score (nSPS) is 29.6. The maximum Gasteiger partial charge on any atom is 0.168 e. The van der Waals surface area contributed by atoms with Crippen molar-refractivity contribution in [1.82, 2.24) is 0 Å². The van der Waals surface area contributed by atoms with Crippen molar-refractivity contribution in [3.63, 3.8) is 0 Å². The standard InChI is InChI=1S/C10H18O4/c1-12-8-9(11)2-4-10(5-3-9)13-6-7-14-10/h11H,2-8H2,1H3. The highest BCUT2D eigenvalue weighted by Gasteiger charge is 2.45. The first kappa shape index (κ1) is 10.4. The average Bonchev–Trinajstić information content (AvgIpc) is 2.61. The van der Waals surface area contributed by atoms with Gasteiger partial charge >= 0.3 is 0 Å². The Kier molecular flexibility index (Phi) is 2.79. The van der Waals surface area contributed by atoms with Crippen LogP contribution in [0.4, 0.5) is 0 Å². The van der Waals surface area contributed by atoms with Crippen molar-refractivity contribution in [3.8, 4) is 0 Å². The van der Waals surface area contributed by atoms with Crippen molar-refractivity contribution in [3.05, 3.63) is 0 Å². The van der Waals surface area contributed by atoms with Gasteiger partial charge in [0.25, 0.3) is 0 Å². The van der Waals surface area contributed by atoms with Gasteiger partial charge in [0, 0.05) is 20.0 Å². The van der Waals surface area contributed by atoms with E-state index < -0.39 is 5.60 Å². The lowest BCUT2D eigenvalue weighted by atomic mass is 9.82. The summed E-state index contributed by atoms with van der Waals surface area (Å²) in [7, 11) is 1.62. The first-order valence-corrected chi connectivity index (χ1v) is 5.17. The average molecular weight is 202 g/mol.